The lowest BCUT2D eigenvalue weighted by Crippen LogP contribution is -2.47. The van der Waals surface area contributed by atoms with Crippen LogP contribution in [0.2, 0.25) is 0 Å². The number of hydrogen-bond acceptors (Lipinski definition) is 6. The Kier molecular flexibility index (Phi) is 5.69. The van der Waals surface area contributed by atoms with E-state index in [1.165, 1.54) is 17.7 Å². The van der Waals surface area contributed by atoms with Crippen molar-refractivity contribution in [1.82, 2.24) is 19.7 Å². The molecule has 3 heterocycles. The molecule has 1 fully saturated rings. The molecule has 1 aliphatic rings. The van der Waals surface area contributed by atoms with Gasteiger partial charge in [-0.3, -0.25) is 0 Å². The van der Waals surface area contributed by atoms with Crippen LogP contribution in [0.3, 0.4) is 0 Å². The summed E-state index contributed by atoms with van der Waals surface area (Å²) in [6.07, 6.45) is 1.82. The second-order valence-corrected chi connectivity index (χ2v) is 8.95. The van der Waals surface area contributed by atoms with Crippen LogP contribution in [0.1, 0.15) is 5.56 Å². The number of rotatable bonds is 5. The van der Waals surface area contributed by atoms with Gasteiger partial charge in [-0.05, 0) is 61.0 Å². The Morgan fingerprint density at radius 1 is 0.778 bits per heavy atom. The number of halogens is 1. The van der Waals surface area contributed by atoms with Crippen molar-refractivity contribution in [1.29, 1.82) is 0 Å². The van der Waals surface area contributed by atoms with E-state index in [1.807, 2.05) is 65.5 Å². The van der Waals surface area contributed by atoms with Gasteiger partial charge in [0.25, 0.3) is 0 Å². The first-order valence-electron chi connectivity index (χ1n) is 12.0. The molecular weight excluding hydrogens is 453 g/mol. The fourth-order valence-corrected chi connectivity index (χ4v) is 4.57. The average molecular weight is 480 g/mol. The summed E-state index contributed by atoms with van der Waals surface area (Å²) in [7, 11) is 0. The summed E-state index contributed by atoms with van der Waals surface area (Å²) in [6.45, 7) is 5.18. The molecule has 8 heteroatoms. The molecule has 0 amide bonds. The van der Waals surface area contributed by atoms with Crippen LogP contribution in [0.15, 0.2) is 85.1 Å². The van der Waals surface area contributed by atoms with E-state index in [0.29, 0.717) is 5.95 Å². The van der Waals surface area contributed by atoms with Gasteiger partial charge in [0.1, 0.15) is 11.6 Å². The zero-order chi connectivity index (χ0) is 24.5. The van der Waals surface area contributed by atoms with Gasteiger partial charge in [0.05, 0.1) is 17.3 Å². The maximum atomic E-state index is 13.4. The van der Waals surface area contributed by atoms with E-state index in [9.17, 15) is 4.39 Å². The zero-order valence-corrected chi connectivity index (χ0v) is 20.0. The highest BCUT2D eigenvalue weighted by Crippen LogP contribution is 2.29. The van der Waals surface area contributed by atoms with Crippen molar-refractivity contribution in [3.05, 3.63) is 96.4 Å². The number of anilines is 4. The fraction of sp³-hybridized carbons (Fsp3) is 0.179. The number of hydrogen-bond donors (Lipinski definition) is 1. The van der Waals surface area contributed by atoms with Crippen LogP contribution in [0, 0.1) is 12.7 Å². The average Bonchev–Trinajstić information content (AvgIpc) is 3.34. The molecule has 0 unspecified atom stereocenters. The number of piperazine rings is 1. The Hall–Kier alpha value is -4.46. The number of para-hydroxylation sites is 1. The molecule has 1 aliphatic heterocycles. The molecule has 0 saturated carbocycles. The van der Waals surface area contributed by atoms with Crippen molar-refractivity contribution in [3.8, 4) is 5.69 Å². The Morgan fingerprint density at radius 3 is 2.28 bits per heavy atom. The molecule has 1 N–H and O–H groups in total. The van der Waals surface area contributed by atoms with E-state index in [0.717, 1.165) is 60.1 Å². The summed E-state index contributed by atoms with van der Waals surface area (Å²) < 4.78 is 15.2. The Labute approximate surface area is 208 Å². The first-order chi connectivity index (χ1) is 17.6. The summed E-state index contributed by atoms with van der Waals surface area (Å²) in [5.41, 5.74) is 4.86. The van der Waals surface area contributed by atoms with Crippen LogP contribution < -0.4 is 15.1 Å². The van der Waals surface area contributed by atoms with Gasteiger partial charge in [-0.1, -0.05) is 30.3 Å². The minimum Gasteiger partial charge on any atom is -0.368 e. The zero-order valence-electron chi connectivity index (χ0n) is 20.0. The van der Waals surface area contributed by atoms with E-state index >= 15 is 0 Å². The van der Waals surface area contributed by atoms with Gasteiger partial charge in [-0.2, -0.15) is 15.1 Å². The molecule has 36 heavy (non-hydrogen) atoms. The Bertz CT molecular complexity index is 1490. The third-order valence-electron chi connectivity index (χ3n) is 6.45. The first-order valence-corrected chi connectivity index (χ1v) is 12.0. The van der Waals surface area contributed by atoms with Gasteiger partial charge < -0.3 is 15.1 Å². The summed E-state index contributed by atoms with van der Waals surface area (Å²) >= 11 is 0. The second-order valence-electron chi connectivity index (χ2n) is 8.95. The molecule has 0 aliphatic carbocycles. The summed E-state index contributed by atoms with van der Waals surface area (Å²) in [4.78, 5) is 14.4. The number of nitrogens with one attached hydrogen (secondary N) is 1. The molecule has 180 valence electrons. The minimum atomic E-state index is -0.220. The van der Waals surface area contributed by atoms with Crippen molar-refractivity contribution < 1.29 is 4.39 Å². The predicted molar refractivity (Wildman–Crippen MR) is 142 cm³/mol. The van der Waals surface area contributed by atoms with E-state index in [1.54, 1.807) is 0 Å². The number of benzene rings is 3. The van der Waals surface area contributed by atoms with E-state index in [-0.39, 0.29) is 5.82 Å². The van der Waals surface area contributed by atoms with Crippen LogP contribution in [-0.4, -0.2) is 45.9 Å². The van der Waals surface area contributed by atoms with Gasteiger partial charge in [0, 0.05) is 37.6 Å². The van der Waals surface area contributed by atoms with Crippen LogP contribution in [0.5, 0.6) is 0 Å². The number of aryl methyl sites for hydroxylation is 1. The summed E-state index contributed by atoms with van der Waals surface area (Å²) in [5, 5.41) is 9.00. The highest BCUT2D eigenvalue weighted by molar-refractivity contribution is 5.90. The van der Waals surface area contributed by atoms with E-state index in [2.05, 4.69) is 39.3 Å². The fourth-order valence-electron chi connectivity index (χ4n) is 4.57. The summed E-state index contributed by atoms with van der Waals surface area (Å²) in [5.74, 6) is 1.17. The summed E-state index contributed by atoms with van der Waals surface area (Å²) in [6, 6.07) is 24.9. The van der Waals surface area contributed by atoms with Crippen LogP contribution >= 0.6 is 0 Å². The van der Waals surface area contributed by atoms with E-state index < -0.39 is 0 Å². The SMILES string of the molecule is Cc1cccc(Nc2nc(N3CCN(c4ccc(F)cc4)CC3)nc3c2cnn3-c2ccccc2)c1. The largest absolute Gasteiger partial charge is 0.368 e. The molecule has 0 atom stereocenters. The van der Waals surface area contributed by atoms with Gasteiger partial charge >= 0.3 is 0 Å². The maximum absolute atomic E-state index is 13.4. The lowest BCUT2D eigenvalue weighted by atomic mass is 10.2. The van der Waals surface area contributed by atoms with Gasteiger partial charge in [-0.15, -0.1) is 0 Å². The standard InChI is InChI=1S/C28H26FN7/c1-20-6-5-7-22(18-20)31-26-25-19-30-36(24-8-3-2-4-9-24)27(25)33-28(32-26)35-16-14-34(15-17-35)23-12-10-21(29)11-13-23/h2-13,18-19H,14-17H2,1H3,(H,31,32,33). The Balaban J connectivity index is 1.35. The van der Waals surface area contributed by atoms with Crippen molar-refractivity contribution in [3.63, 3.8) is 0 Å². The molecule has 0 radical (unpaired) electrons. The minimum absolute atomic E-state index is 0.220. The lowest BCUT2D eigenvalue weighted by Gasteiger charge is -2.36. The second kappa shape index (κ2) is 9.30. The van der Waals surface area contributed by atoms with E-state index in [4.69, 9.17) is 9.97 Å². The molecule has 7 nitrogen and oxygen atoms in total. The third-order valence-corrected chi connectivity index (χ3v) is 6.45. The normalized spacial score (nSPS) is 13.8. The molecule has 1 saturated heterocycles. The van der Waals surface area contributed by atoms with Gasteiger partial charge in [0.15, 0.2) is 5.65 Å². The van der Waals surface area contributed by atoms with Crippen molar-refractivity contribution in [2.45, 2.75) is 6.92 Å². The Morgan fingerprint density at radius 2 is 1.53 bits per heavy atom. The van der Waals surface area contributed by atoms with Crippen LogP contribution in [0.25, 0.3) is 16.7 Å². The molecule has 5 aromatic rings. The van der Waals surface area contributed by atoms with Crippen molar-refractivity contribution >= 4 is 34.2 Å². The molecule has 2 aromatic heterocycles. The van der Waals surface area contributed by atoms with Crippen molar-refractivity contribution in [2.75, 3.05) is 41.3 Å². The number of aromatic nitrogens is 4. The van der Waals surface area contributed by atoms with Crippen LogP contribution in [-0.2, 0) is 0 Å². The molecule has 0 spiro atoms. The number of nitrogens with zero attached hydrogens (tertiary/aromatic N) is 6. The predicted octanol–water partition coefficient (Wildman–Crippen LogP) is 5.33. The smallest absolute Gasteiger partial charge is 0.229 e. The lowest BCUT2D eigenvalue weighted by molar-refractivity contribution is 0.623. The molecule has 3 aromatic carbocycles. The highest BCUT2D eigenvalue weighted by atomic mass is 19.1. The first kappa shape index (κ1) is 22.0. The van der Waals surface area contributed by atoms with Gasteiger partial charge in [-0.25, -0.2) is 9.07 Å². The number of fused-ring (bicyclic) bond motifs is 1. The maximum Gasteiger partial charge on any atom is 0.229 e. The van der Waals surface area contributed by atoms with Crippen molar-refractivity contribution in [2.24, 2.45) is 0 Å². The monoisotopic (exact) mass is 479 g/mol. The molecular formula is C28H26FN7. The van der Waals surface area contributed by atoms with Crippen LogP contribution in [0.4, 0.5) is 27.5 Å². The topological polar surface area (TPSA) is 62.1 Å². The molecule has 6 rings (SSSR count). The molecule has 0 bridgehead atoms. The van der Waals surface area contributed by atoms with Gasteiger partial charge in [0.2, 0.25) is 5.95 Å². The quantitative estimate of drug-likeness (QED) is 0.368. The highest BCUT2D eigenvalue weighted by Gasteiger charge is 2.22. The third kappa shape index (κ3) is 4.33.